The number of hydrogen-bond donors (Lipinski definition) is 0. The summed E-state index contributed by atoms with van der Waals surface area (Å²) < 4.78 is 5.61. The maximum absolute atomic E-state index is 5.91. The number of benzene rings is 1. The van der Waals surface area contributed by atoms with Crippen LogP contribution in [-0.4, -0.2) is 15.0 Å². The fourth-order valence-electron chi connectivity index (χ4n) is 1.79. The van der Waals surface area contributed by atoms with Gasteiger partial charge in [0.1, 0.15) is 5.75 Å². The third kappa shape index (κ3) is 2.48. The first-order valence-electron chi connectivity index (χ1n) is 5.74. The average Bonchev–Trinajstić information content (AvgIpc) is 2.39. The van der Waals surface area contributed by atoms with Gasteiger partial charge in [-0.15, -0.1) is 0 Å². The zero-order chi connectivity index (χ0) is 13.2. The second kappa shape index (κ2) is 4.82. The lowest BCUT2D eigenvalue weighted by Gasteiger charge is -2.06. The van der Waals surface area contributed by atoms with Gasteiger partial charge < -0.3 is 4.74 Å². The predicted octanol–water partition coefficient (Wildman–Crippen LogP) is 3.78. The molecule has 19 heavy (non-hydrogen) atoms. The van der Waals surface area contributed by atoms with Crippen molar-refractivity contribution in [2.45, 2.75) is 6.92 Å². The van der Waals surface area contributed by atoms with Crippen LogP contribution < -0.4 is 4.74 Å². The Morgan fingerprint density at radius 1 is 1.16 bits per heavy atom. The maximum atomic E-state index is 5.91. The highest BCUT2D eigenvalue weighted by molar-refractivity contribution is 6.30. The lowest BCUT2D eigenvalue weighted by molar-refractivity contribution is 0.443. The zero-order valence-corrected chi connectivity index (χ0v) is 10.9. The average molecular weight is 272 g/mol. The molecule has 0 amide bonds. The van der Waals surface area contributed by atoms with Crippen molar-refractivity contribution in [1.29, 1.82) is 0 Å². The molecule has 3 aromatic rings. The Hall–Kier alpha value is -2.20. The van der Waals surface area contributed by atoms with Gasteiger partial charge in [-0.05, 0) is 31.2 Å². The first kappa shape index (κ1) is 11.9. The smallest absolute Gasteiger partial charge is 0.322 e. The summed E-state index contributed by atoms with van der Waals surface area (Å²) in [6.45, 7) is 1.91. The molecule has 0 spiro atoms. The fourth-order valence-corrected chi connectivity index (χ4v) is 1.97. The normalized spacial score (nSPS) is 10.6. The standard InChI is InChI=1S/C14H10ClN3O/c1-9-12-5-6-16-8-13(12)18-14(17-9)19-11-4-2-3-10(15)7-11/h2-8H,1H3. The van der Waals surface area contributed by atoms with Crippen molar-refractivity contribution in [3.05, 3.63) is 53.4 Å². The summed E-state index contributed by atoms with van der Waals surface area (Å²) in [7, 11) is 0. The van der Waals surface area contributed by atoms with E-state index in [1.165, 1.54) is 0 Å². The van der Waals surface area contributed by atoms with Crippen molar-refractivity contribution in [3.63, 3.8) is 0 Å². The molecule has 0 radical (unpaired) electrons. The van der Waals surface area contributed by atoms with Crippen molar-refractivity contribution in [3.8, 4) is 11.8 Å². The van der Waals surface area contributed by atoms with E-state index in [4.69, 9.17) is 16.3 Å². The Morgan fingerprint density at radius 2 is 2.05 bits per heavy atom. The number of ether oxygens (including phenoxy) is 1. The molecule has 3 rings (SSSR count). The molecule has 0 saturated carbocycles. The number of aromatic nitrogens is 3. The van der Waals surface area contributed by atoms with Gasteiger partial charge in [-0.3, -0.25) is 4.98 Å². The minimum Gasteiger partial charge on any atom is -0.424 e. The van der Waals surface area contributed by atoms with Crippen molar-refractivity contribution in [1.82, 2.24) is 15.0 Å². The number of hydrogen-bond acceptors (Lipinski definition) is 4. The van der Waals surface area contributed by atoms with Crippen LogP contribution in [0.25, 0.3) is 10.9 Å². The second-order valence-corrected chi connectivity index (χ2v) is 4.48. The van der Waals surface area contributed by atoms with Gasteiger partial charge >= 0.3 is 6.01 Å². The van der Waals surface area contributed by atoms with Gasteiger partial charge in [0.05, 0.1) is 17.4 Å². The number of nitrogens with zero attached hydrogens (tertiary/aromatic N) is 3. The van der Waals surface area contributed by atoms with Crippen LogP contribution in [0.1, 0.15) is 5.69 Å². The van der Waals surface area contributed by atoms with Gasteiger partial charge in [0.2, 0.25) is 0 Å². The topological polar surface area (TPSA) is 47.9 Å². The number of pyridine rings is 1. The molecular formula is C14H10ClN3O. The van der Waals surface area contributed by atoms with Crippen LogP contribution in [0.4, 0.5) is 0 Å². The molecule has 5 heteroatoms. The van der Waals surface area contributed by atoms with Gasteiger partial charge in [0.25, 0.3) is 0 Å². The maximum Gasteiger partial charge on any atom is 0.322 e. The van der Waals surface area contributed by atoms with Gasteiger partial charge in [-0.1, -0.05) is 17.7 Å². The largest absolute Gasteiger partial charge is 0.424 e. The number of aryl methyl sites for hydroxylation is 1. The van der Waals surface area contributed by atoms with Crippen LogP contribution in [0.2, 0.25) is 5.02 Å². The molecular weight excluding hydrogens is 262 g/mol. The molecule has 0 aliphatic rings. The van der Waals surface area contributed by atoms with E-state index in [9.17, 15) is 0 Å². The molecule has 0 aliphatic carbocycles. The Labute approximate surface area is 115 Å². The highest BCUT2D eigenvalue weighted by atomic mass is 35.5. The van der Waals surface area contributed by atoms with Crippen LogP contribution in [0.3, 0.4) is 0 Å². The molecule has 0 bridgehead atoms. The SMILES string of the molecule is Cc1nc(Oc2cccc(Cl)c2)nc2cnccc12. The molecule has 1 aromatic carbocycles. The number of halogens is 1. The molecule has 0 unspecified atom stereocenters. The minimum absolute atomic E-state index is 0.292. The molecule has 0 N–H and O–H groups in total. The minimum atomic E-state index is 0.292. The first-order valence-corrected chi connectivity index (χ1v) is 6.12. The highest BCUT2D eigenvalue weighted by Crippen LogP contribution is 2.23. The summed E-state index contributed by atoms with van der Waals surface area (Å²) in [5, 5.41) is 1.57. The van der Waals surface area contributed by atoms with Crippen molar-refractivity contribution in [2.75, 3.05) is 0 Å². The van der Waals surface area contributed by atoms with Crippen LogP contribution >= 0.6 is 11.6 Å². The summed E-state index contributed by atoms with van der Waals surface area (Å²) in [6.07, 6.45) is 3.41. The lowest BCUT2D eigenvalue weighted by atomic mass is 10.2. The first-order chi connectivity index (χ1) is 9.22. The van der Waals surface area contributed by atoms with Gasteiger partial charge in [-0.2, -0.15) is 9.97 Å². The zero-order valence-electron chi connectivity index (χ0n) is 10.2. The monoisotopic (exact) mass is 271 g/mol. The van der Waals surface area contributed by atoms with Crippen LogP contribution in [0.15, 0.2) is 42.7 Å². The quantitative estimate of drug-likeness (QED) is 0.712. The summed E-state index contributed by atoms with van der Waals surface area (Å²) >= 11 is 5.91. The van der Waals surface area contributed by atoms with Gasteiger partial charge in [-0.25, -0.2) is 0 Å². The highest BCUT2D eigenvalue weighted by Gasteiger charge is 2.06. The Balaban J connectivity index is 2.02. The second-order valence-electron chi connectivity index (χ2n) is 4.04. The fraction of sp³-hybridized carbons (Fsp3) is 0.0714. The van der Waals surface area contributed by atoms with Gasteiger partial charge in [0.15, 0.2) is 0 Å². The van der Waals surface area contributed by atoms with Crippen molar-refractivity contribution >= 4 is 22.5 Å². The molecule has 0 atom stereocenters. The molecule has 0 fully saturated rings. The molecule has 0 aliphatic heterocycles. The number of fused-ring (bicyclic) bond motifs is 1. The van der Waals surface area contributed by atoms with E-state index in [-0.39, 0.29) is 0 Å². The van der Waals surface area contributed by atoms with E-state index in [0.29, 0.717) is 16.8 Å². The van der Waals surface area contributed by atoms with Crippen LogP contribution in [0.5, 0.6) is 11.8 Å². The van der Waals surface area contributed by atoms with E-state index in [0.717, 1.165) is 16.6 Å². The van der Waals surface area contributed by atoms with Crippen LogP contribution in [0, 0.1) is 6.92 Å². The Morgan fingerprint density at radius 3 is 2.89 bits per heavy atom. The summed E-state index contributed by atoms with van der Waals surface area (Å²) in [6, 6.07) is 9.29. The molecule has 0 saturated heterocycles. The summed E-state index contributed by atoms with van der Waals surface area (Å²) in [4.78, 5) is 12.7. The third-order valence-electron chi connectivity index (χ3n) is 2.67. The van der Waals surface area contributed by atoms with Crippen LogP contribution in [-0.2, 0) is 0 Å². The molecule has 2 heterocycles. The van der Waals surface area contributed by atoms with Crippen molar-refractivity contribution in [2.24, 2.45) is 0 Å². The predicted molar refractivity (Wildman–Crippen MR) is 73.6 cm³/mol. The van der Waals surface area contributed by atoms with Gasteiger partial charge in [0, 0.05) is 16.6 Å². The van der Waals surface area contributed by atoms with E-state index in [1.54, 1.807) is 30.6 Å². The summed E-state index contributed by atoms with van der Waals surface area (Å²) in [5.41, 5.74) is 1.61. The van der Waals surface area contributed by atoms with E-state index in [2.05, 4.69) is 15.0 Å². The lowest BCUT2D eigenvalue weighted by Crippen LogP contribution is -1.95. The Bertz CT molecular complexity index is 746. The van der Waals surface area contributed by atoms with E-state index in [1.807, 2.05) is 19.1 Å². The van der Waals surface area contributed by atoms with E-state index < -0.39 is 0 Å². The number of rotatable bonds is 2. The summed E-state index contributed by atoms with van der Waals surface area (Å²) in [5.74, 6) is 0.607. The van der Waals surface area contributed by atoms with Crippen molar-refractivity contribution < 1.29 is 4.74 Å². The Kier molecular flexibility index (Phi) is 3.01. The molecule has 94 valence electrons. The molecule has 4 nitrogen and oxygen atoms in total. The third-order valence-corrected chi connectivity index (χ3v) is 2.91. The molecule has 2 aromatic heterocycles. The van der Waals surface area contributed by atoms with E-state index >= 15 is 0 Å².